The lowest BCUT2D eigenvalue weighted by molar-refractivity contribution is 0.103. The van der Waals surface area contributed by atoms with Gasteiger partial charge in [0.1, 0.15) is 5.75 Å². The van der Waals surface area contributed by atoms with Gasteiger partial charge in [0, 0.05) is 16.8 Å². The van der Waals surface area contributed by atoms with Gasteiger partial charge in [-0.25, -0.2) is 0 Å². The molecule has 0 fully saturated rings. The van der Waals surface area contributed by atoms with E-state index in [0.717, 1.165) is 11.3 Å². The van der Waals surface area contributed by atoms with Gasteiger partial charge in [0.25, 0.3) is 0 Å². The van der Waals surface area contributed by atoms with Crippen LogP contribution in [-0.4, -0.2) is 12.4 Å². The van der Waals surface area contributed by atoms with E-state index in [9.17, 15) is 4.79 Å². The second-order valence-electron chi connectivity index (χ2n) is 4.32. The van der Waals surface area contributed by atoms with Crippen LogP contribution >= 0.6 is 0 Å². The highest BCUT2D eigenvalue weighted by Crippen LogP contribution is 2.21. The van der Waals surface area contributed by atoms with Crippen LogP contribution in [0.15, 0.2) is 42.5 Å². The Morgan fingerprint density at radius 2 is 1.84 bits per heavy atom. The summed E-state index contributed by atoms with van der Waals surface area (Å²) in [7, 11) is 0. The Labute approximate surface area is 113 Å². The summed E-state index contributed by atoms with van der Waals surface area (Å²) >= 11 is 0. The first-order chi connectivity index (χ1) is 9.13. The van der Waals surface area contributed by atoms with Gasteiger partial charge in [-0.05, 0) is 49.7 Å². The van der Waals surface area contributed by atoms with E-state index in [1.807, 2.05) is 26.0 Å². The third-order valence-corrected chi connectivity index (χ3v) is 3.00. The number of nitrogen functional groups attached to an aromatic ring is 1. The van der Waals surface area contributed by atoms with Gasteiger partial charge < -0.3 is 10.5 Å². The van der Waals surface area contributed by atoms with Crippen molar-refractivity contribution in [3.63, 3.8) is 0 Å². The van der Waals surface area contributed by atoms with Gasteiger partial charge in [0.2, 0.25) is 0 Å². The number of aryl methyl sites for hydroxylation is 1. The summed E-state index contributed by atoms with van der Waals surface area (Å²) in [4.78, 5) is 12.4. The number of para-hydroxylation sites is 1. The number of ether oxygens (including phenoxy) is 1. The lowest BCUT2D eigenvalue weighted by Gasteiger charge is -2.08. The predicted molar refractivity (Wildman–Crippen MR) is 76.6 cm³/mol. The van der Waals surface area contributed by atoms with Crippen molar-refractivity contribution in [2.45, 2.75) is 13.8 Å². The molecule has 0 aliphatic carbocycles. The number of carbonyl (C=O) groups is 1. The molecule has 0 saturated carbocycles. The van der Waals surface area contributed by atoms with Gasteiger partial charge in [-0.3, -0.25) is 4.79 Å². The maximum Gasteiger partial charge on any atom is 0.195 e. The molecule has 0 heterocycles. The Morgan fingerprint density at radius 3 is 2.47 bits per heavy atom. The Bertz CT molecular complexity index is 588. The number of benzene rings is 2. The summed E-state index contributed by atoms with van der Waals surface area (Å²) in [5, 5.41) is 0. The van der Waals surface area contributed by atoms with E-state index < -0.39 is 0 Å². The van der Waals surface area contributed by atoms with Crippen molar-refractivity contribution in [2.75, 3.05) is 12.3 Å². The average molecular weight is 255 g/mol. The topological polar surface area (TPSA) is 52.3 Å². The highest BCUT2D eigenvalue weighted by molar-refractivity contribution is 6.12. The maximum absolute atomic E-state index is 12.4. The Hall–Kier alpha value is -2.29. The van der Waals surface area contributed by atoms with Crippen LogP contribution in [0.4, 0.5) is 5.69 Å². The predicted octanol–water partition coefficient (Wildman–Crippen LogP) is 3.21. The molecule has 19 heavy (non-hydrogen) atoms. The van der Waals surface area contributed by atoms with Crippen molar-refractivity contribution in [1.82, 2.24) is 0 Å². The summed E-state index contributed by atoms with van der Waals surface area (Å²) in [6, 6.07) is 12.6. The van der Waals surface area contributed by atoms with E-state index in [-0.39, 0.29) is 5.78 Å². The van der Waals surface area contributed by atoms with Crippen LogP contribution in [0, 0.1) is 6.92 Å². The zero-order valence-corrected chi connectivity index (χ0v) is 11.1. The molecule has 0 aliphatic heterocycles. The lowest BCUT2D eigenvalue weighted by Crippen LogP contribution is -2.06. The first-order valence-electron chi connectivity index (χ1n) is 6.26. The van der Waals surface area contributed by atoms with Crippen LogP contribution in [0.2, 0.25) is 0 Å². The second-order valence-corrected chi connectivity index (χ2v) is 4.32. The number of hydrogen-bond donors (Lipinski definition) is 1. The summed E-state index contributed by atoms with van der Waals surface area (Å²) in [5.74, 6) is 0.695. The SMILES string of the molecule is CCOc1ccc(C(=O)c2cccc(C)c2N)cc1. The Morgan fingerprint density at radius 1 is 1.16 bits per heavy atom. The minimum atomic E-state index is -0.0655. The standard InChI is InChI=1S/C16H17NO2/c1-3-19-13-9-7-12(8-10-13)16(18)14-6-4-5-11(2)15(14)17/h4-10H,3,17H2,1-2H3. The molecule has 0 atom stereocenters. The summed E-state index contributed by atoms with van der Waals surface area (Å²) < 4.78 is 5.35. The molecular formula is C16H17NO2. The van der Waals surface area contributed by atoms with Gasteiger partial charge in [0.15, 0.2) is 5.78 Å². The quantitative estimate of drug-likeness (QED) is 0.674. The molecule has 3 heteroatoms. The van der Waals surface area contributed by atoms with E-state index in [0.29, 0.717) is 23.4 Å². The van der Waals surface area contributed by atoms with Crippen LogP contribution < -0.4 is 10.5 Å². The van der Waals surface area contributed by atoms with Gasteiger partial charge >= 0.3 is 0 Å². The molecule has 2 aromatic rings. The normalized spacial score (nSPS) is 10.2. The van der Waals surface area contributed by atoms with E-state index in [4.69, 9.17) is 10.5 Å². The molecule has 2 aromatic carbocycles. The fraction of sp³-hybridized carbons (Fsp3) is 0.188. The van der Waals surface area contributed by atoms with Crippen molar-refractivity contribution in [3.8, 4) is 5.75 Å². The zero-order chi connectivity index (χ0) is 13.8. The minimum Gasteiger partial charge on any atom is -0.494 e. The number of ketones is 1. The first kappa shape index (κ1) is 13.1. The molecule has 98 valence electrons. The molecule has 2 rings (SSSR count). The van der Waals surface area contributed by atoms with Gasteiger partial charge in [-0.1, -0.05) is 12.1 Å². The number of hydrogen-bond acceptors (Lipinski definition) is 3. The van der Waals surface area contributed by atoms with E-state index in [2.05, 4.69) is 0 Å². The third-order valence-electron chi connectivity index (χ3n) is 3.00. The first-order valence-corrected chi connectivity index (χ1v) is 6.26. The number of anilines is 1. The van der Waals surface area contributed by atoms with Gasteiger partial charge in [-0.15, -0.1) is 0 Å². The molecule has 0 aliphatic rings. The summed E-state index contributed by atoms with van der Waals surface area (Å²) in [5.41, 5.74) is 8.57. The molecule has 0 bridgehead atoms. The highest BCUT2D eigenvalue weighted by Gasteiger charge is 2.13. The molecule has 0 amide bonds. The molecule has 3 nitrogen and oxygen atoms in total. The molecule has 0 unspecified atom stereocenters. The lowest BCUT2D eigenvalue weighted by atomic mass is 9.99. The zero-order valence-electron chi connectivity index (χ0n) is 11.1. The van der Waals surface area contributed by atoms with E-state index in [1.165, 1.54) is 0 Å². The van der Waals surface area contributed by atoms with Crippen molar-refractivity contribution in [3.05, 3.63) is 59.2 Å². The number of rotatable bonds is 4. The molecule has 0 radical (unpaired) electrons. The second kappa shape index (κ2) is 5.57. The number of nitrogens with two attached hydrogens (primary N) is 1. The maximum atomic E-state index is 12.4. The van der Waals surface area contributed by atoms with Crippen LogP contribution in [0.5, 0.6) is 5.75 Å². The van der Waals surface area contributed by atoms with E-state index in [1.54, 1.807) is 30.3 Å². The van der Waals surface area contributed by atoms with Crippen LogP contribution in [-0.2, 0) is 0 Å². The fourth-order valence-corrected chi connectivity index (χ4v) is 1.90. The summed E-state index contributed by atoms with van der Waals surface area (Å²) in [6.07, 6.45) is 0. The molecule has 0 saturated heterocycles. The van der Waals surface area contributed by atoms with Crippen molar-refractivity contribution in [2.24, 2.45) is 0 Å². The van der Waals surface area contributed by atoms with Gasteiger partial charge in [0.05, 0.1) is 6.61 Å². The van der Waals surface area contributed by atoms with Crippen LogP contribution in [0.25, 0.3) is 0 Å². The van der Waals surface area contributed by atoms with Gasteiger partial charge in [-0.2, -0.15) is 0 Å². The van der Waals surface area contributed by atoms with Crippen LogP contribution in [0.1, 0.15) is 28.4 Å². The Balaban J connectivity index is 2.31. The largest absolute Gasteiger partial charge is 0.494 e. The van der Waals surface area contributed by atoms with Crippen LogP contribution in [0.3, 0.4) is 0 Å². The molecule has 0 spiro atoms. The summed E-state index contributed by atoms with van der Waals surface area (Å²) in [6.45, 7) is 4.43. The van der Waals surface area contributed by atoms with Crippen molar-refractivity contribution < 1.29 is 9.53 Å². The molecular weight excluding hydrogens is 238 g/mol. The molecule has 2 N–H and O–H groups in total. The minimum absolute atomic E-state index is 0.0655. The smallest absolute Gasteiger partial charge is 0.195 e. The third kappa shape index (κ3) is 2.76. The molecule has 0 aromatic heterocycles. The van der Waals surface area contributed by atoms with Crippen molar-refractivity contribution >= 4 is 11.5 Å². The Kier molecular flexibility index (Phi) is 3.85. The van der Waals surface area contributed by atoms with Crippen molar-refractivity contribution in [1.29, 1.82) is 0 Å². The van der Waals surface area contributed by atoms with E-state index >= 15 is 0 Å². The average Bonchev–Trinajstić information content (AvgIpc) is 2.42. The monoisotopic (exact) mass is 255 g/mol. The highest BCUT2D eigenvalue weighted by atomic mass is 16.5. The number of carbonyl (C=O) groups excluding carboxylic acids is 1. The fourth-order valence-electron chi connectivity index (χ4n) is 1.90.